The number of fused-ring (bicyclic) bond motifs is 2. The van der Waals surface area contributed by atoms with Crippen molar-refractivity contribution in [2.75, 3.05) is 5.73 Å². The summed E-state index contributed by atoms with van der Waals surface area (Å²) in [5.41, 5.74) is 6.29. The first kappa shape index (κ1) is 16.7. The van der Waals surface area contributed by atoms with E-state index in [1.165, 1.54) is 4.40 Å². The number of nitrogen functional groups attached to an aromatic ring is 1. The molecule has 0 aliphatic heterocycles. The van der Waals surface area contributed by atoms with E-state index in [2.05, 4.69) is 9.97 Å². The summed E-state index contributed by atoms with van der Waals surface area (Å²) < 4.78 is 40.7. The van der Waals surface area contributed by atoms with Crippen LogP contribution in [0.4, 0.5) is 18.9 Å². The third kappa shape index (κ3) is 2.74. The quantitative estimate of drug-likeness (QED) is 0.550. The summed E-state index contributed by atoms with van der Waals surface area (Å²) in [7, 11) is 0. The average molecular weight is 377 g/mol. The fourth-order valence-electron chi connectivity index (χ4n) is 2.96. The molecule has 26 heavy (non-hydrogen) atoms. The Morgan fingerprint density at radius 1 is 1.08 bits per heavy atom. The van der Waals surface area contributed by atoms with E-state index in [1.54, 1.807) is 24.5 Å². The minimum atomic E-state index is -4.65. The number of aromatic nitrogens is 3. The van der Waals surface area contributed by atoms with Gasteiger partial charge in [-0.15, -0.1) is 0 Å². The van der Waals surface area contributed by atoms with Crippen molar-refractivity contribution < 1.29 is 13.2 Å². The van der Waals surface area contributed by atoms with Crippen LogP contribution in [0, 0.1) is 0 Å². The fourth-order valence-corrected chi connectivity index (χ4v) is 3.30. The number of hydrogen-bond acceptors (Lipinski definition) is 3. The van der Waals surface area contributed by atoms with Gasteiger partial charge >= 0.3 is 6.18 Å². The van der Waals surface area contributed by atoms with Crippen molar-refractivity contribution in [3.8, 4) is 0 Å². The van der Waals surface area contributed by atoms with Gasteiger partial charge in [-0.1, -0.05) is 29.8 Å². The van der Waals surface area contributed by atoms with Crippen LogP contribution < -0.4 is 5.73 Å². The zero-order valence-corrected chi connectivity index (χ0v) is 14.0. The minimum absolute atomic E-state index is 0.00446. The number of pyridine rings is 2. The Hall–Kier alpha value is -2.80. The van der Waals surface area contributed by atoms with Gasteiger partial charge in [0.15, 0.2) is 11.3 Å². The zero-order chi connectivity index (χ0) is 18.5. The molecule has 2 N–H and O–H groups in total. The van der Waals surface area contributed by atoms with Gasteiger partial charge in [-0.3, -0.25) is 9.38 Å². The number of alkyl halides is 3. The van der Waals surface area contributed by atoms with Gasteiger partial charge in [0.25, 0.3) is 0 Å². The van der Waals surface area contributed by atoms with Gasteiger partial charge in [-0.05, 0) is 29.1 Å². The molecule has 1 aromatic carbocycles. The SMILES string of the molecule is Nc1ccc(Cc2ccc3cnccc3c2)n2c(Cl)c(C(F)(F)F)nc12. The molecule has 0 unspecified atom stereocenters. The molecule has 3 aromatic heterocycles. The molecule has 3 heterocycles. The van der Waals surface area contributed by atoms with Crippen molar-refractivity contribution in [1.82, 2.24) is 14.4 Å². The number of benzene rings is 1. The van der Waals surface area contributed by atoms with Crippen LogP contribution in [0.3, 0.4) is 0 Å². The molecule has 0 spiro atoms. The number of halogens is 4. The van der Waals surface area contributed by atoms with Gasteiger partial charge in [0.1, 0.15) is 5.15 Å². The van der Waals surface area contributed by atoms with E-state index in [9.17, 15) is 13.2 Å². The van der Waals surface area contributed by atoms with Crippen LogP contribution in [0.25, 0.3) is 16.4 Å². The second kappa shape index (κ2) is 5.88. The molecular weight excluding hydrogens is 365 g/mol. The topological polar surface area (TPSA) is 56.2 Å². The van der Waals surface area contributed by atoms with Crippen LogP contribution in [0.5, 0.6) is 0 Å². The van der Waals surface area contributed by atoms with Gasteiger partial charge in [0.2, 0.25) is 0 Å². The fraction of sp³-hybridized carbons (Fsp3) is 0.111. The van der Waals surface area contributed by atoms with Crippen LogP contribution in [-0.2, 0) is 12.6 Å². The zero-order valence-electron chi connectivity index (χ0n) is 13.3. The molecule has 0 aliphatic carbocycles. The van der Waals surface area contributed by atoms with E-state index >= 15 is 0 Å². The number of imidazole rings is 1. The minimum Gasteiger partial charge on any atom is -0.396 e. The normalized spacial score (nSPS) is 12.2. The largest absolute Gasteiger partial charge is 0.436 e. The van der Waals surface area contributed by atoms with Crippen molar-refractivity contribution in [3.63, 3.8) is 0 Å². The Kier molecular flexibility index (Phi) is 3.77. The van der Waals surface area contributed by atoms with Gasteiger partial charge < -0.3 is 5.73 Å². The highest BCUT2D eigenvalue weighted by Crippen LogP contribution is 2.36. The smallest absolute Gasteiger partial charge is 0.396 e. The van der Waals surface area contributed by atoms with Crippen LogP contribution in [0.2, 0.25) is 5.15 Å². The third-order valence-corrected chi connectivity index (χ3v) is 4.53. The van der Waals surface area contributed by atoms with Crippen LogP contribution in [0.15, 0.2) is 48.8 Å². The van der Waals surface area contributed by atoms with E-state index in [1.807, 2.05) is 24.3 Å². The average Bonchev–Trinajstić information content (AvgIpc) is 2.96. The summed E-state index contributed by atoms with van der Waals surface area (Å²) in [6, 6.07) is 10.9. The molecular formula is C18H12ClF3N4. The van der Waals surface area contributed by atoms with Crippen molar-refractivity contribution in [1.29, 1.82) is 0 Å². The van der Waals surface area contributed by atoms with E-state index in [0.29, 0.717) is 12.1 Å². The van der Waals surface area contributed by atoms with Crippen LogP contribution in [-0.4, -0.2) is 14.4 Å². The van der Waals surface area contributed by atoms with E-state index in [-0.39, 0.29) is 11.3 Å². The molecule has 4 rings (SSSR count). The lowest BCUT2D eigenvalue weighted by Crippen LogP contribution is -2.06. The van der Waals surface area contributed by atoms with Crippen molar-refractivity contribution in [2.45, 2.75) is 12.6 Å². The molecule has 0 saturated carbocycles. The molecule has 4 nitrogen and oxygen atoms in total. The second-order valence-corrected chi connectivity index (χ2v) is 6.28. The maximum absolute atomic E-state index is 13.1. The van der Waals surface area contributed by atoms with E-state index in [0.717, 1.165) is 16.3 Å². The van der Waals surface area contributed by atoms with Gasteiger partial charge in [0.05, 0.1) is 5.69 Å². The lowest BCUT2D eigenvalue weighted by Gasteiger charge is -2.09. The first-order chi connectivity index (χ1) is 12.3. The number of rotatable bonds is 2. The predicted molar refractivity (Wildman–Crippen MR) is 94.2 cm³/mol. The number of hydrogen-bond donors (Lipinski definition) is 1. The van der Waals surface area contributed by atoms with Gasteiger partial charge in [0, 0.05) is 29.9 Å². The summed E-state index contributed by atoms with van der Waals surface area (Å²) in [5.74, 6) is 0. The standard InChI is InChI=1S/C18H12ClF3N4/c19-16-15(18(20,21)22)25-17-14(23)4-3-13(26(16)17)8-10-1-2-12-9-24-6-5-11(12)7-10/h1-7,9H,8,23H2. The first-order valence-electron chi connectivity index (χ1n) is 7.70. The first-order valence-corrected chi connectivity index (χ1v) is 8.07. The highest BCUT2D eigenvalue weighted by Gasteiger charge is 2.38. The molecule has 0 atom stereocenters. The number of anilines is 1. The summed E-state index contributed by atoms with van der Waals surface area (Å²) in [4.78, 5) is 7.67. The van der Waals surface area contributed by atoms with Crippen molar-refractivity contribution >= 4 is 33.7 Å². The lowest BCUT2D eigenvalue weighted by atomic mass is 10.0. The van der Waals surface area contributed by atoms with Gasteiger partial charge in [-0.25, -0.2) is 4.98 Å². The Labute approximate surface area is 151 Å². The molecule has 8 heteroatoms. The monoisotopic (exact) mass is 376 g/mol. The highest BCUT2D eigenvalue weighted by molar-refractivity contribution is 6.30. The lowest BCUT2D eigenvalue weighted by molar-refractivity contribution is -0.140. The molecule has 132 valence electrons. The molecule has 0 saturated heterocycles. The molecule has 0 radical (unpaired) electrons. The van der Waals surface area contributed by atoms with Crippen molar-refractivity contribution in [3.05, 3.63) is 70.9 Å². The van der Waals surface area contributed by atoms with Crippen molar-refractivity contribution in [2.24, 2.45) is 0 Å². The highest BCUT2D eigenvalue weighted by atomic mass is 35.5. The molecule has 0 amide bonds. The summed E-state index contributed by atoms with van der Waals surface area (Å²) >= 11 is 6.00. The maximum Gasteiger partial charge on any atom is 0.436 e. The summed E-state index contributed by atoms with van der Waals surface area (Å²) in [6.45, 7) is 0. The summed E-state index contributed by atoms with van der Waals surface area (Å²) in [5, 5.41) is 1.50. The summed E-state index contributed by atoms with van der Waals surface area (Å²) in [6.07, 6.45) is -0.829. The Morgan fingerprint density at radius 2 is 1.88 bits per heavy atom. The molecule has 0 aliphatic rings. The third-order valence-electron chi connectivity index (χ3n) is 4.18. The number of nitrogens with zero attached hydrogens (tertiary/aromatic N) is 3. The van der Waals surface area contributed by atoms with E-state index < -0.39 is 17.0 Å². The Morgan fingerprint density at radius 3 is 2.65 bits per heavy atom. The Balaban J connectivity index is 1.85. The van der Waals surface area contributed by atoms with Crippen LogP contribution >= 0.6 is 11.6 Å². The number of nitrogens with two attached hydrogens (primary N) is 1. The maximum atomic E-state index is 13.1. The molecule has 0 bridgehead atoms. The van der Waals surface area contributed by atoms with Crippen LogP contribution in [0.1, 0.15) is 17.0 Å². The Bertz CT molecular complexity index is 1130. The predicted octanol–water partition coefficient (Wildman–Crippen LogP) is 4.73. The van der Waals surface area contributed by atoms with E-state index in [4.69, 9.17) is 17.3 Å². The molecule has 0 fully saturated rings. The second-order valence-electron chi connectivity index (χ2n) is 5.92. The van der Waals surface area contributed by atoms with Gasteiger partial charge in [-0.2, -0.15) is 13.2 Å². The molecule has 4 aromatic rings.